The summed E-state index contributed by atoms with van der Waals surface area (Å²) in [6, 6.07) is 19.7. The molecule has 0 spiro atoms. The van der Waals surface area contributed by atoms with Crippen LogP contribution in [0.2, 0.25) is 0 Å². The second kappa shape index (κ2) is 7.54. The molecule has 6 heteroatoms. The lowest BCUT2D eigenvalue weighted by Gasteiger charge is -2.23. The third-order valence-electron chi connectivity index (χ3n) is 5.06. The molecule has 1 N–H and O–H groups in total. The van der Waals surface area contributed by atoms with Gasteiger partial charge in [-0.15, -0.1) is 0 Å². The number of ketones is 1. The molecule has 4 nitrogen and oxygen atoms in total. The third-order valence-corrected chi connectivity index (χ3v) is 5.55. The SMILES string of the molecule is O=C(C[C@]1(O)C(=O)N(Cc2ccccc2)c2ccc(Br)cc21)c1ccc(F)cc1. The number of hydrogen-bond donors (Lipinski definition) is 1. The summed E-state index contributed by atoms with van der Waals surface area (Å²) in [6.45, 7) is 0.279. The van der Waals surface area contributed by atoms with E-state index in [1.807, 2.05) is 30.3 Å². The monoisotopic (exact) mass is 453 g/mol. The Labute approximate surface area is 175 Å². The van der Waals surface area contributed by atoms with Crippen LogP contribution >= 0.6 is 15.9 Å². The van der Waals surface area contributed by atoms with Gasteiger partial charge in [-0.1, -0.05) is 46.3 Å². The van der Waals surface area contributed by atoms with E-state index in [1.54, 1.807) is 18.2 Å². The topological polar surface area (TPSA) is 57.6 Å². The van der Waals surface area contributed by atoms with E-state index in [-0.39, 0.29) is 12.1 Å². The minimum absolute atomic E-state index is 0.241. The molecule has 29 heavy (non-hydrogen) atoms. The maximum absolute atomic E-state index is 13.3. The Hall–Kier alpha value is -2.83. The summed E-state index contributed by atoms with van der Waals surface area (Å²) in [4.78, 5) is 27.5. The van der Waals surface area contributed by atoms with Crippen molar-refractivity contribution in [3.05, 3.63) is 99.8 Å². The van der Waals surface area contributed by atoms with Crippen LogP contribution < -0.4 is 4.90 Å². The molecule has 0 radical (unpaired) electrons. The standard InChI is InChI=1S/C23H17BrFNO3/c24-17-8-11-20-19(12-17)23(29,13-21(27)16-6-9-18(25)10-7-16)22(28)26(20)14-15-4-2-1-3-5-15/h1-12,29H,13-14H2/t23-/m1/s1. The van der Waals surface area contributed by atoms with Gasteiger partial charge in [0.25, 0.3) is 5.91 Å². The minimum Gasteiger partial charge on any atom is -0.375 e. The molecule has 1 aliphatic rings. The van der Waals surface area contributed by atoms with Crippen molar-refractivity contribution in [3.8, 4) is 0 Å². The number of amides is 1. The zero-order valence-corrected chi connectivity index (χ0v) is 16.9. The highest BCUT2D eigenvalue weighted by Crippen LogP contribution is 2.44. The molecule has 0 fully saturated rings. The molecule has 4 rings (SSSR count). The highest BCUT2D eigenvalue weighted by molar-refractivity contribution is 9.10. The highest BCUT2D eigenvalue weighted by atomic mass is 79.9. The lowest BCUT2D eigenvalue weighted by atomic mass is 9.88. The van der Waals surface area contributed by atoms with E-state index >= 15 is 0 Å². The molecule has 1 amide bonds. The average Bonchev–Trinajstić information content (AvgIpc) is 2.91. The van der Waals surface area contributed by atoms with Gasteiger partial charge in [0.2, 0.25) is 0 Å². The molecule has 3 aromatic rings. The van der Waals surface area contributed by atoms with E-state index < -0.39 is 29.5 Å². The molecule has 0 aromatic heterocycles. The molecule has 0 saturated heterocycles. The second-order valence-corrected chi connectivity index (χ2v) is 7.92. The van der Waals surface area contributed by atoms with Gasteiger partial charge in [0, 0.05) is 15.6 Å². The van der Waals surface area contributed by atoms with Crippen molar-refractivity contribution >= 4 is 33.3 Å². The third kappa shape index (κ3) is 3.61. The van der Waals surface area contributed by atoms with Crippen molar-refractivity contribution < 1.29 is 19.1 Å². The largest absolute Gasteiger partial charge is 0.375 e. The van der Waals surface area contributed by atoms with E-state index in [0.29, 0.717) is 15.7 Å². The number of anilines is 1. The number of halogens is 2. The maximum atomic E-state index is 13.3. The summed E-state index contributed by atoms with van der Waals surface area (Å²) in [6.07, 6.45) is -0.424. The Morgan fingerprint density at radius 3 is 2.41 bits per heavy atom. The van der Waals surface area contributed by atoms with E-state index in [4.69, 9.17) is 0 Å². The van der Waals surface area contributed by atoms with Gasteiger partial charge in [0.15, 0.2) is 11.4 Å². The van der Waals surface area contributed by atoms with Gasteiger partial charge in [0.1, 0.15) is 5.82 Å². The molecular weight excluding hydrogens is 437 g/mol. The van der Waals surface area contributed by atoms with Gasteiger partial charge >= 0.3 is 0 Å². The van der Waals surface area contributed by atoms with Gasteiger partial charge < -0.3 is 10.0 Å². The van der Waals surface area contributed by atoms with Crippen molar-refractivity contribution in [2.24, 2.45) is 0 Å². The van der Waals surface area contributed by atoms with Crippen LogP contribution in [0.25, 0.3) is 0 Å². The summed E-state index contributed by atoms with van der Waals surface area (Å²) < 4.78 is 13.9. The molecule has 0 saturated carbocycles. The Bertz CT molecular complexity index is 1090. The van der Waals surface area contributed by atoms with Crippen LogP contribution in [0.15, 0.2) is 77.3 Å². The predicted molar refractivity (Wildman–Crippen MR) is 111 cm³/mol. The molecule has 0 aliphatic carbocycles. The maximum Gasteiger partial charge on any atom is 0.264 e. The Balaban J connectivity index is 1.71. The molecule has 1 aliphatic heterocycles. The first kappa shape index (κ1) is 19.5. The van der Waals surface area contributed by atoms with Crippen LogP contribution in [0, 0.1) is 5.82 Å². The quantitative estimate of drug-likeness (QED) is 0.574. The summed E-state index contributed by atoms with van der Waals surface area (Å²) in [7, 11) is 0. The molecular formula is C23H17BrFNO3. The molecule has 1 atom stereocenters. The number of carbonyl (C=O) groups excluding carboxylic acids is 2. The van der Waals surface area contributed by atoms with Gasteiger partial charge in [-0.05, 0) is 48.0 Å². The van der Waals surface area contributed by atoms with E-state index in [1.165, 1.54) is 29.2 Å². The summed E-state index contributed by atoms with van der Waals surface area (Å²) in [5.74, 6) is -1.45. The molecule has 146 valence electrons. The zero-order chi connectivity index (χ0) is 20.6. The molecule has 1 heterocycles. The average molecular weight is 454 g/mol. The van der Waals surface area contributed by atoms with Gasteiger partial charge in [-0.3, -0.25) is 9.59 Å². The van der Waals surface area contributed by atoms with Gasteiger partial charge in [-0.2, -0.15) is 0 Å². The number of aliphatic hydroxyl groups is 1. The zero-order valence-electron chi connectivity index (χ0n) is 15.3. The highest BCUT2D eigenvalue weighted by Gasteiger charge is 2.51. The lowest BCUT2D eigenvalue weighted by Crippen LogP contribution is -2.41. The Kier molecular flexibility index (Phi) is 5.06. The van der Waals surface area contributed by atoms with Crippen molar-refractivity contribution in [1.29, 1.82) is 0 Å². The number of benzene rings is 3. The normalized spacial score (nSPS) is 18.0. The number of rotatable bonds is 5. The van der Waals surface area contributed by atoms with Crippen molar-refractivity contribution in [2.45, 2.75) is 18.6 Å². The molecule has 0 bridgehead atoms. The van der Waals surface area contributed by atoms with Crippen LogP contribution in [0.4, 0.5) is 10.1 Å². The first-order chi connectivity index (χ1) is 13.9. The fourth-order valence-electron chi connectivity index (χ4n) is 3.59. The summed E-state index contributed by atoms with van der Waals surface area (Å²) in [5, 5.41) is 11.4. The second-order valence-electron chi connectivity index (χ2n) is 7.01. The van der Waals surface area contributed by atoms with Crippen molar-refractivity contribution in [2.75, 3.05) is 4.90 Å². The van der Waals surface area contributed by atoms with Gasteiger partial charge in [-0.25, -0.2) is 4.39 Å². The molecule has 0 unspecified atom stereocenters. The van der Waals surface area contributed by atoms with Crippen LogP contribution in [0.3, 0.4) is 0 Å². The summed E-state index contributed by atoms with van der Waals surface area (Å²) in [5.41, 5.74) is 0.105. The molecule has 3 aromatic carbocycles. The lowest BCUT2D eigenvalue weighted by molar-refractivity contribution is -0.136. The fourth-order valence-corrected chi connectivity index (χ4v) is 3.95. The number of nitrogens with zero attached hydrogens (tertiary/aromatic N) is 1. The predicted octanol–water partition coefficient (Wildman–Crippen LogP) is 4.60. The van der Waals surface area contributed by atoms with E-state index in [0.717, 1.165) is 5.56 Å². The van der Waals surface area contributed by atoms with Crippen LogP contribution in [-0.2, 0) is 16.9 Å². The Morgan fingerprint density at radius 2 is 1.72 bits per heavy atom. The minimum atomic E-state index is -1.99. The van der Waals surface area contributed by atoms with Crippen molar-refractivity contribution in [1.82, 2.24) is 0 Å². The Morgan fingerprint density at radius 1 is 1.03 bits per heavy atom. The van der Waals surface area contributed by atoms with Crippen LogP contribution in [0.5, 0.6) is 0 Å². The van der Waals surface area contributed by atoms with E-state index in [9.17, 15) is 19.1 Å². The first-order valence-electron chi connectivity index (χ1n) is 9.05. The van der Waals surface area contributed by atoms with Crippen molar-refractivity contribution in [3.63, 3.8) is 0 Å². The number of Topliss-reactive ketones (excluding diaryl/α,β-unsaturated/α-hetero) is 1. The van der Waals surface area contributed by atoms with Crippen LogP contribution in [-0.4, -0.2) is 16.8 Å². The van der Waals surface area contributed by atoms with E-state index in [2.05, 4.69) is 15.9 Å². The summed E-state index contributed by atoms with van der Waals surface area (Å²) >= 11 is 3.37. The smallest absolute Gasteiger partial charge is 0.264 e. The van der Waals surface area contributed by atoms with Gasteiger partial charge in [0.05, 0.1) is 18.7 Å². The fraction of sp³-hybridized carbons (Fsp3) is 0.130. The number of carbonyl (C=O) groups is 2. The first-order valence-corrected chi connectivity index (χ1v) is 9.85. The number of fused-ring (bicyclic) bond motifs is 1. The number of hydrogen-bond acceptors (Lipinski definition) is 3. The van der Waals surface area contributed by atoms with Crippen LogP contribution in [0.1, 0.15) is 27.9 Å².